The second kappa shape index (κ2) is 8.85. The highest BCUT2D eigenvalue weighted by Gasteiger charge is 2.06. The maximum atomic E-state index is 4.69. The largest absolute Gasteiger partial charge is 0.361 e. The minimum absolute atomic E-state index is 0.836. The summed E-state index contributed by atoms with van der Waals surface area (Å²) in [6, 6.07) is 8.41. The van der Waals surface area contributed by atoms with Crippen LogP contribution in [0.3, 0.4) is 0 Å². The van der Waals surface area contributed by atoms with Crippen molar-refractivity contribution >= 4 is 28.2 Å². The molecule has 3 rings (SSSR count). The van der Waals surface area contributed by atoms with E-state index in [1.54, 1.807) is 11.3 Å². The molecule has 0 atom stereocenters. The fraction of sp³-hybridized carbons (Fsp3) is 0.400. The first-order valence-electron chi connectivity index (χ1n) is 9.16. The summed E-state index contributed by atoms with van der Waals surface area (Å²) in [5.41, 5.74) is 3.75. The van der Waals surface area contributed by atoms with E-state index in [1.165, 1.54) is 32.0 Å². The molecule has 26 heavy (non-hydrogen) atoms. The third-order valence-electron chi connectivity index (χ3n) is 4.49. The molecule has 0 aliphatic heterocycles. The van der Waals surface area contributed by atoms with Crippen LogP contribution < -0.4 is 10.6 Å². The van der Waals surface area contributed by atoms with E-state index < -0.39 is 0 Å². The number of guanidine groups is 1. The summed E-state index contributed by atoms with van der Waals surface area (Å²) in [6.45, 7) is 5.99. The van der Waals surface area contributed by atoms with Gasteiger partial charge in [-0.2, -0.15) is 0 Å². The van der Waals surface area contributed by atoms with Gasteiger partial charge in [-0.3, -0.25) is 4.99 Å². The molecule has 0 aliphatic carbocycles. The van der Waals surface area contributed by atoms with Gasteiger partial charge < -0.3 is 15.6 Å². The summed E-state index contributed by atoms with van der Waals surface area (Å²) in [7, 11) is 1.81. The van der Waals surface area contributed by atoms with Crippen LogP contribution in [0.25, 0.3) is 10.9 Å². The number of aliphatic imine (C=N–C) groups is 1. The molecule has 6 heteroatoms. The zero-order chi connectivity index (χ0) is 18.4. The van der Waals surface area contributed by atoms with Gasteiger partial charge in [0, 0.05) is 48.5 Å². The number of benzene rings is 1. The Hall–Kier alpha value is -2.34. The van der Waals surface area contributed by atoms with Crippen molar-refractivity contribution in [2.24, 2.45) is 4.99 Å². The van der Waals surface area contributed by atoms with E-state index in [4.69, 9.17) is 4.98 Å². The van der Waals surface area contributed by atoms with E-state index in [-0.39, 0.29) is 0 Å². The fourth-order valence-electron chi connectivity index (χ4n) is 3.09. The van der Waals surface area contributed by atoms with Crippen LogP contribution in [-0.2, 0) is 19.3 Å². The fourth-order valence-corrected chi connectivity index (χ4v) is 4.11. The number of rotatable bonds is 7. The quantitative estimate of drug-likeness (QED) is 0.441. The Labute approximate surface area is 159 Å². The van der Waals surface area contributed by atoms with Gasteiger partial charge in [-0.25, -0.2) is 4.98 Å². The van der Waals surface area contributed by atoms with Gasteiger partial charge in [-0.05, 0) is 31.4 Å². The Balaban J connectivity index is 1.44. The first kappa shape index (κ1) is 18.5. The van der Waals surface area contributed by atoms with Crippen molar-refractivity contribution in [1.29, 1.82) is 0 Å². The number of nitrogens with zero attached hydrogens (tertiary/aromatic N) is 2. The number of fused-ring (bicyclic) bond motifs is 1. The van der Waals surface area contributed by atoms with Crippen LogP contribution in [0.5, 0.6) is 0 Å². The first-order valence-corrected chi connectivity index (χ1v) is 9.97. The SMILES string of the molecule is CCc1nc(CCNC(=NC)NCCc2c[nH]c3ccccc23)sc1C. The van der Waals surface area contributed by atoms with Crippen LogP contribution in [-0.4, -0.2) is 36.1 Å². The summed E-state index contributed by atoms with van der Waals surface area (Å²) >= 11 is 1.80. The number of aromatic amines is 1. The van der Waals surface area contributed by atoms with Crippen molar-refractivity contribution in [2.45, 2.75) is 33.1 Å². The minimum atomic E-state index is 0.836. The molecule has 0 radical (unpaired) electrons. The number of hydrogen-bond donors (Lipinski definition) is 3. The summed E-state index contributed by atoms with van der Waals surface area (Å²) in [4.78, 5) is 13.7. The number of nitrogens with one attached hydrogen (secondary N) is 3. The number of H-pyrrole nitrogens is 1. The predicted molar refractivity (Wildman–Crippen MR) is 111 cm³/mol. The van der Waals surface area contributed by atoms with E-state index in [1.807, 2.05) is 7.05 Å². The van der Waals surface area contributed by atoms with Gasteiger partial charge >= 0.3 is 0 Å². The number of thiazole rings is 1. The monoisotopic (exact) mass is 369 g/mol. The summed E-state index contributed by atoms with van der Waals surface area (Å²) in [6.07, 6.45) is 4.98. The standard InChI is InChI=1S/C20H27N5S/c1-4-17-14(2)26-19(25-17)10-12-23-20(21-3)22-11-9-15-13-24-18-8-6-5-7-16(15)18/h5-8,13,24H,4,9-12H2,1-3H3,(H2,21,22,23). The molecule has 0 fully saturated rings. The van der Waals surface area contributed by atoms with Gasteiger partial charge in [0.2, 0.25) is 0 Å². The summed E-state index contributed by atoms with van der Waals surface area (Å²) in [5.74, 6) is 0.842. The van der Waals surface area contributed by atoms with Crippen molar-refractivity contribution in [1.82, 2.24) is 20.6 Å². The van der Waals surface area contributed by atoms with Crippen LogP contribution in [0.1, 0.15) is 28.1 Å². The zero-order valence-corrected chi connectivity index (χ0v) is 16.5. The predicted octanol–water partition coefficient (Wildman–Crippen LogP) is 3.45. The molecule has 0 saturated carbocycles. The Morgan fingerprint density at radius 3 is 2.69 bits per heavy atom. The van der Waals surface area contributed by atoms with Crippen LogP contribution >= 0.6 is 11.3 Å². The normalized spacial score (nSPS) is 11.9. The Bertz CT molecular complexity index is 877. The zero-order valence-electron chi connectivity index (χ0n) is 15.7. The third kappa shape index (κ3) is 4.43. The Morgan fingerprint density at radius 1 is 1.19 bits per heavy atom. The second-order valence-corrected chi connectivity index (χ2v) is 7.54. The van der Waals surface area contributed by atoms with E-state index >= 15 is 0 Å². The molecular formula is C20H27N5S. The molecule has 3 aromatic rings. The summed E-state index contributed by atoms with van der Waals surface area (Å²) in [5, 5.41) is 9.26. The molecule has 2 heterocycles. The van der Waals surface area contributed by atoms with E-state index in [0.29, 0.717) is 0 Å². The van der Waals surface area contributed by atoms with Crippen molar-refractivity contribution < 1.29 is 0 Å². The molecule has 0 saturated heterocycles. The van der Waals surface area contributed by atoms with Crippen LogP contribution in [0.15, 0.2) is 35.5 Å². The molecular weight excluding hydrogens is 342 g/mol. The molecule has 0 amide bonds. The van der Waals surface area contributed by atoms with E-state index in [9.17, 15) is 0 Å². The van der Waals surface area contributed by atoms with Gasteiger partial charge in [-0.15, -0.1) is 11.3 Å². The summed E-state index contributed by atoms with van der Waals surface area (Å²) < 4.78 is 0. The van der Waals surface area contributed by atoms with Crippen molar-refractivity contribution in [3.63, 3.8) is 0 Å². The molecule has 1 aromatic carbocycles. The van der Waals surface area contributed by atoms with E-state index in [0.717, 1.165) is 38.3 Å². The molecule has 0 aliphatic rings. The molecule has 2 aromatic heterocycles. The van der Waals surface area contributed by atoms with Crippen molar-refractivity contribution in [3.05, 3.63) is 51.6 Å². The van der Waals surface area contributed by atoms with Crippen molar-refractivity contribution in [3.8, 4) is 0 Å². The number of aromatic nitrogens is 2. The molecule has 0 bridgehead atoms. The highest BCUT2D eigenvalue weighted by atomic mass is 32.1. The lowest BCUT2D eigenvalue weighted by Crippen LogP contribution is -2.39. The van der Waals surface area contributed by atoms with Crippen LogP contribution in [0.4, 0.5) is 0 Å². The number of aryl methyl sites for hydroxylation is 2. The van der Waals surface area contributed by atoms with Crippen LogP contribution in [0, 0.1) is 6.92 Å². The molecule has 5 nitrogen and oxygen atoms in total. The Morgan fingerprint density at radius 2 is 1.96 bits per heavy atom. The second-order valence-electron chi connectivity index (χ2n) is 6.25. The van der Waals surface area contributed by atoms with Crippen LogP contribution in [0.2, 0.25) is 0 Å². The molecule has 3 N–H and O–H groups in total. The topological polar surface area (TPSA) is 65.1 Å². The van der Waals surface area contributed by atoms with E-state index in [2.05, 4.69) is 64.9 Å². The van der Waals surface area contributed by atoms with Gasteiger partial charge in [0.05, 0.1) is 10.7 Å². The molecule has 0 spiro atoms. The minimum Gasteiger partial charge on any atom is -0.361 e. The van der Waals surface area contributed by atoms with Gasteiger partial charge in [0.25, 0.3) is 0 Å². The maximum absolute atomic E-state index is 4.69. The lowest BCUT2D eigenvalue weighted by atomic mass is 10.1. The highest BCUT2D eigenvalue weighted by molar-refractivity contribution is 7.11. The van der Waals surface area contributed by atoms with Gasteiger partial charge in [0.15, 0.2) is 5.96 Å². The molecule has 138 valence electrons. The molecule has 0 unspecified atom stereocenters. The maximum Gasteiger partial charge on any atom is 0.191 e. The smallest absolute Gasteiger partial charge is 0.191 e. The number of hydrogen-bond acceptors (Lipinski definition) is 3. The average Bonchev–Trinajstić information content (AvgIpc) is 3.23. The average molecular weight is 370 g/mol. The van der Waals surface area contributed by atoms with Crippen molar-refractivity contribution in [2.75, 3.05) is 20.1 Å². The Kier molecular flexibility index (Phi) is 6.28. The lowest BCUT2D eigenvalue weighted by Gasteiger charge is -2.11. The lowest BCUT2D eigenvalue weighted by molar-refractivity contribution is 0.781. The first-order chi connectivity index (χ1) is 12.7. The number of para-hydroxylation sites is 1. The van der Waals surface area contributed by atoms with Gasteiger partial charge in [-0.1, -0.05) is 25.1 Å². The van der Waals surface area contributed by atoms with Gasteiger partial charge in [0.1, 0.15) is 0 Å². The highest BCUT2D eigenvalue weighted by Crippen LogP contribution is 2.18. The third-order valence-corrected chi connectivity index (χ3v) is 5.56.